The summed E-state index contributed by atoms with van der Waals surface area (Å²) in [4.78, 5) is 19.5. The summed E-state index contributed by atoms with van der Waals surface area (Å²) in [5, 5.41) is 3.42. The van der Waals surface area contributed by atoms with E-state index in [4.69, 9.17) is 16.1 Å². The number of aromatic nitrogens is 2. The SMILES string of the molecule is O=c1o[nH][n+](-c2ccccc2)c1C1=NCCN2C1C2c1ccc(Cl)cc1. The summed E-state index contributed by atoms with van der Waals surface area (Å²) in [7, 11) is 0. The number of para-hydroxylation sites is 1. The molecule has 1 saturated heterocycles. The van der Waals surface area contributed by atoms with Crippen molar-refractivity contribution in [3.63, 3.8) is 0 Å². The minimum atomic E-state index is -0.406. The number of benzene rings is 2. The molecule has 0 aliphatic carbocycles. The lowest BCUT2D eigenvalue weighted by Gasteiger charge is -2.07. The van der Waals surface area contributed by atoms with Crippen molar-refractivity contribution in [2.24, 2.45) is 4.99 Å². The molecule has 3 atom stereocenters. The monoisotopic (exact) mass is 367 g/mol. The first-order valence-electron chi connectivity index (χ1n) is 8.49. The average Bonchev–Trinajstić information content (AvgIpc) is 3.29. The van der Waals surface area contributed by atoms with Gasteiger partial charge in [0.15, 0.2) is 0 Å². The second-order valence-corrected chi connectivity index (χ2v) is 6.88. The van der Waals surface area contributed by atoms with Gasteiger partial charge in [-0.1, -0.05) is 41.9 Å². The number of H-pyrrole nitrogens is 1. The van der Waals surface area contributed by atoms with Crippen LogP contribution in [0.1, 0.15) is 17.3 Å². The number of rotatable bonds is 3. The number of aliphatic imine (C=N–C) groups is 1. The molecule has 1 aromatic heterocycles. The largest absolute Gasteiger partial charge is 0.437 e. The first-order valence-corrected chi connectivity index (χ1v) is 8.87. The number of halogens is 1. The van der Waals surface area contributed by atoms with Crippen LogP contribution in [0.4, 0.5) is 0 Å². The molecule has 0 amide bonds. The third-order valence-electron chi connectivity index (χ3n) is 4.96. The van der Waals surface area contributed by atoms with Gasteiger partial charge in [-0.05, 0) is 27.6 Å². The second-order valence-electron chi connectivity index (χ2n) is 6.45. The minimum Gasteiger partial charge on any atom is -0.282 e. The molecule has 0 spiro atoms. The highest BCUT2D eigenvalue weighted by Gasteiger charge is 2.56. The Morgan fingerprint density at radius 1 is 1.12 bits per heavy atom. The van der Waals surface area contributed by atoms with E-state index >= 15 is 0 Å². The normalized spacial score (nSPS) is 24.0. The van der Waals surface area contributed by atoms with Gasteiger partial charge in [0.1, 0.15) is 5.71 Å². The van der Waals surface area contributed by atoms with E-state index in [1.165, 1.54) is 5.56 Å². The zero-order chi connectivity index (χ0) is 17.7. The predicted octanol–water partition coefficient (Wildman–Crippen LogP) is 2.13. The number of hydrogen-bond donors (Lipinski definition) is 1. The maximum Gasteiger partial charge on any atom is 0.437 e. The lowest BCUT2D eigenvalue weighted by atomic mass is 10.1. The average molecular weight is 368 g/mol. The van der Waals surface area contributed by atoms with Crippen molar-refractivity contribution in [1.82, 2.24) is 10.2 Å². The Balaban J connectivity index is 1.55. The molecule has 0 bridgehead atoms. The Morgan fingerprint density at radius 3 is 2.65 bits per heavy atom. The van der Waals surface area contributed by atoms with Crippen molar-refractivity contribution < 1.29 is 9.20 Å². The van der Waals surface area contributed by atoms with Gasteiger partial charge in [-0.25, -0.2) is 4.79 Å². The van der Waals surface area contributed by atoms with Crippen molar-refractivity contribution in [2.45, 2.75) is 12.1 Å². The molecular weight excluding hydrogens is 352 g/mol. The van der Waals surface area contributed by atoms with E-state index in [0.29, 0.717) is 12.2 Å². The molecule has 0 radical (unpaired) electrons. The fourth-order valence-electron chi connectivity index (χ4n) is 3.74. The van der Waals surface area contributed by atoms with Crippen molar-refractivity contribution in [3.05, 3.63) is 81.3 Å². The molecule has 0 saturated carbocycles. The van der Waals surface area contributed by atoms with Crippen LogP contribution in [0.25, 0.3) is 5.69 Å². The molecule has 2 aliphatic rings. The first kappa shape index (κ1) is 15.5. The highest BCUT2D eigenvalue weighted by Crippen LogP contribution is 2.45. The van der Waals surface area contributed by atoms with Gasteiger partial charge in [-0.15, -0.1) is 0 Å². The van der Waals surface area contributed by atoms with E-state index in [9.17, 15) is 4.79 Å². The molecule has 1 N–H and O–H groups in total. The van der Waals surface area contributed by atoms with Crippen LogP contribution in [0.15, 0.2) is 68.9 Å². The number of hydrogen-bond acceptors (Lipinski definition) is 4. The number of nitrogens with zero attached hydrogens (tertiary/aromatic N) is 3. The second kappa shape index (κ2) is 5.93. The lowest BCUT2D eigenvalue weighted by molar-refractivity contribution is -0.671. The smallest absolute Gasteiger partial charge is 0.282 e. The molecule has 2 aromatic carbocycles. The van der Waals surface area contributed by atoms with Crippen LogP contribution in [0.2, 0.25) is 5.02 Å². The van der Waals surface area contributed by atoms with Crippen LogP contribution >= 0.6 is 11.6 Å². The van der Waals surface area contributed by atoms with E-state index in [1.807, 2.05) is 54.6 Å². The summed E-state index contributed by atoms with van der Waals surface area (Å²) in [6, 6.07) is 17.8. The highest BCUT2D eigenvalue weighted by atomic mass is 35.5. The zero-order valence-electron chi connectivity index (χ0n) is 13.8. The Labute approximate surface area is 154 Å². The van der Waals surface area contributed by atoms with Crippen molar-refractivity contribution in [1.29, 1.82) is 0 Å². The van der Waals surface area contributed by atoms with Gasteiger partial charge >= 0.3 is 11.3 Å². The van der Waals surface area contributed by atoms with Gasteiger partial charge in [0, 0.05) is 23.7 Å². The quantitative estimate of drug-likeness (QED) is 0.569. The number of aromatic amines is 1. The predicted molar refractivity (Wildman–Crippen MR) is 97.0 cm³/mol. The van der Waals surface area contributed by atoms with E-state index in [0.717, 1.165) is 23.0 Å². The third-order valence-corrected chi connectivity index (χ3v) is 5.21. The molecule has 3 heterocycles. The van der Waals surface area contributed by atoms with Crippen molar-refractivity contribution >= 4 is 17.3 Å². The van der Waals surface area contributed by atoms with Crippen LogP contribution in [0.5, 0.6) is 0 Å². The number of fused-ring (bicyclic) bond motifs is 1. The number of nitrogens with one attached hydrogen (secondary N) is 1. The molecule has 6 nitrogen and oxygen atoms in total. The Kier molecular flexibility index (Phi) is 3.55. The summed E-state index contributed by atoms with van der Waals surface area (Å²) in [5.41, 5.74) is 2.84. The van der Waals surface area contributed by atoms with E-state index in [2.05, 4.69) is 15.2 Å². The van der Waals surface area contributed by atoms with Crippen LogP contribution in [0, 0.1) is 0 Å². The molecule has 3 unspecified atom stereocenters. The molecule has 7 heteroatoms. The zero-order valence-corrected chi connectivity index (χ0v) is 14.6. The molecule has 1 fully saturated rings. The highest BCUT2D eigenvalue weighted by molar-refractivity contribution is 6.30. The fraction of sp³-hybridized carbons (Fsp3) is 0.211. The fourth-order valence-corrected chi connectivity index (χ4v) is 3.87. The topological polar surface area (TPSA) is 65.2 Å². The Morgan fingerprint density at radius 2 is 1.88 bits per heavy atom. The van der Waals surface area contributed by atoms with Gasteiger partial charge in [0.2, 0.25) is 5.69 Å². The van der Waals surface area contributed by atoms with E-state index < -0.39 is 5.63 Å². The molecule has 3 aromatic rings. The van der Waals surface area contributed by atoms with Gasteiger partial charge in [0.25, 0.3) is 0 Å². The molecule has 2 aliphatic heterocycles. The van der Waals surface area contributed by atoms with E-state index in [-0.39, 0.29) is 12.1 Å². The molecular formula is C19H16ClN4O2+. The van der Waals surface area contributed by atoms with Crippen LogP contribution in [-0.2, 0) is 0 Å². The Bertz CT molecular complexity index is 1040. The molecule has 130 valence electrons. The van der Waals surface area contributed by atoms with Gasteiger partial charge in [-0.3, -0.25) is 14.4 Å². The van der Waals surface area contributed by atoms with Gasteiger partial charge in [-0.2, -0.15) is 0 Å². The summed E-state index contributed by atoms with van der Waals surface area (Å²) in [6.07, 6.45) is 0. The summed E-state index contributed by atoms with van der Waals surface area (Å²) >= 11 is 6.01. The van der Waals surface area contributed by atoms with Crippen molar-refractivity contribution in [2.75, 3.05) is 13.1 Å². The Hall–Kier alpha value is -2.70. The maximum atomic E-state index is 12.4. The van der Waals surface area contributed by atoms with Crippen LogP contribution < -0.4 is 10.3 Å². The summed E-state index contributed by atoms with van der Waals surface area (Å²) in [5.74, 6) is 0. The van der Waals surface area contributed by atoms with Crippen LogP contribution in [-0.4, -0.2) is 35.0 Å². The van der Waals surface area contributed by atoms with Crippen molar-refractivity contribution in [3.8, 4) is 5.69 Å². The summed E-state index contributed by atoms with van der Waals surface area (Å²) < 4.78 is 6.76. The molecule has 5 rings (SSSR count). The first-order chi connectivity index (χ1) is 12.7. The minimum absolute atomic E-state index is 0.0820. The van der Waals surface area contributed by atoms with Crippen LogP contribution in [0.3, 0.4) is 0 Å². The third kappa shape index (κ3) is 2.41. The summed E-state index contributed by atoms with van der Waals surface area (Å²) in [6.45, 7) is 1.54. The van der Waals surface area contributed by atoms with E-state index in [1.54, 1.807) is 4.68 Å². The lowest BCUT2D eigenvalue weighted by Crippen LogP contribution is -2.44. The molecule has 26 heavy (non-hydrogen) atoms. The van der Waals surface area contributed by atoms with Gasteiger partial charge < -0.3 is 0 Å². The van der Waals surface area contributed by atoms with Gasteiger partial charge in [0.05, 0.1) is 18.6 Å². The maximum absolute atomic E-state index is 12.4. The standard InChI is InChI=1S/C19H15ClN4O2/c20-13-8-6-12(7-9-13)16-17-15(21-10-11-23(16)17)18-19(25)26-22-24(18)14-4-2-1-3-5-14/h1-9,16-17H,10-11H2/p+1.